The molecule has 0 heterocycles. The molecule has 3 rings (SSSR count). The van der Waals surface area contributed by atoms with E-state index < -0.39 is 0 Å². The van der Waals surface area contributed by atoms with Crippen LogP contribution in [0.15, 0.2) is 36.4 Å². The first-order valence-corrected chi connectivity index (χ1v) is 6.99. The van der Waals surface area contributed by atoms with Crippen LogP contribution in [0.2, 0.25) is 0 Å². The molecule has 94 valence electrons. The Morgan fingerprint density at radius 1 is 1.11 bits per heavy atom. The van der Waals surface area contributed by atoms with E-state index >= 15 is 0 Å². The van der Waals surface area contributed by atoms with E-state index in [2.05, 4.69) is 50.2 Å². The molecule has 1 atom stereocenters. The summed E-state index contributed by atoms with van der Waals surface area (Å²) in [7, 11) is 0. The summed E-state index contributed by atoms with van der Waals surface area (Å²) in [6.07, 6.45) is 3.84. The molecule has 1 nitrogen and oxygen atoms in total. The van der Waals surface area contributed by atoms with Crippen molar-refractivity contribution < 1.29 is 0 Å². The molecule has 2 aromatic carbocycles. The van der Waals surface area contributed by atoms with Gasteiger partial charge in [0.25, 0.3) is 0 Å². The molecule has 0 aliphatic heterocycles. The predicted molar refractivity (Wildman–Crippen MR) is 78.7 cm³/mol. The summed E-state index contributed by atoms with van der Waals surface area (Å²) in [5, 5.41) is 2.46. The molecule has 1 aliphatic carbocycles. The summed E-state index contributed by atoms with van der Waals surface area (Å²) in [5.74, 6) is 0.678. The molecular weight excluding hydrogens is 218 g/mol. The molecule has 0 radical (unpaired) electrons. The summed E-state index contributed by atoms with van der Waals surface area (Å²) >= 11 is 0. The lowest BCUT2D eigenvalue weighted by atomic mass is 9.91. The van der Waals surface area contributed by atoms with Crippen LogP contribution < -0.4 is 5.73 Å². The van der Waals surface area contributed by atoms with E-state index in [1.54, 1.807) is 0 Å². The lowest BCUT2D eigenvalue weighted by Crippen LogP contribution is -2.02. The van der Waals surface area contributed by atoms with E-state index in [0.29, 0.717) is 11.3 Å². The first-order chi connectivity index (χ1) is 8.72. The zero-order valence-electron chi connectivity index (χ0n) is 11.2. The maximum Gasteiger partial charge on any atom is 0.0429 e. The van der Waals surface area contributed by atoms with Gasteiger partial charge in [0.2, 0.25) is 0 Å². The monoisotopic (exact) mass is 239 g/mol. The van der Waals surface area contributed by atoms with Crippen molar-refractivity contribution in [1.82, 2.24) is 0 Å². The number of fused-ring (bicyclic) bond motifs is 1. The minimum absolute atomic E-state index is 0.524. The standard InChI is InChI=1S/C17H21N/c1-3-17(4-2)11-15(17)14-10-9-12-7-5-6-8-13(12)16(14)18/h5-10,15H,3-4,11,18H2,1-2H3. The van der Waals surface area contributed by atoms with Gasteiger partial charge in [-0.25, -0.2) is 0 Å². The molecule has 0 saturated heterocycles. The van der Waals surface area contributed by atoms with Gasteiger partial charge in [-0.1, -0.05) is 50.2 Å². The average molecular weight is 239 g/mol. The minimum atomic E-state index is 0.524. The molecule has 18 heavy (non-hydrogen) atoms. The lowest BCUT2D eigenvalue weighted by Gasteiger charge is -2.14. The number of hydrogen-bond donors (Lipinski definition) is 1. The molecule has 1 heteroatoms. The van der Waals surface area contributed by atoms with Crippen LogP contribution in [0.25, 0.3) is 10.8 Å². The van der Waals surface area contributed by atoms with Crippen LogP contribution in [0.1, 0.15) is 44.6 Å². The third-order valence-electron chi connectivity index (χ3n) is 4.98. The SMILES string of the molecule is CCC1(CC)CC1c1ccc2ccccc2c1N. The molecule has 1 aliphatic rings. The quantitative estimate of drug-likeness (QED) is 0.771. The summed E-state index contributed by atoms with van der Waals surface area (Å²) in [4.78, 5) is 0. The van der Waals surface area contributed by atoms with Gasteiger partial charge in [-0.15, -0.1) is 0 Å². The zero-order valence-corrected chi connectivity index (χ0v) is 11.2. The second kappa shape index (κ2) is 4.01. The summed E-state index contributed by atoms with van der Waals surface area (Å²) in [6.45, 7) is 4.61. The van der Waals surface area contributed by atoms with Crippen LogP contribution in [-0.4, -0.2) is 0 Å². The summed E-state index contributed by atoms with van der Waals surface area (Å²) in [5.41, 5.74) is 9.29. The molecule has 2 aromatic rings. The van der Waals surface area contributed by atoms with E-state index in [0.717, 1.165) is 5.69 Å². The van der Waals surface area contributed by atoms with Gasteiger partial charge in [0.1, 0.15) is 0 Å². The van der Waals surface area contributed by atoms with Crippen LogP contribution in [0.5, 0.6) is 0 Å². The maximum absolute atomic E-state index is 6.39. The van der Waals surface area contributed by atoms with Crippen LogP contribution in [0, 0.1) is 5.41 Å². The number of nitrogen functional groups attached to an aromatic ring is 1. The fraction of sp³-hybridized carbons (Fsp3) is 0.412. The highest BCUT2D eigenvalue weighted by atomic mass is 14.6. The van der Waals surface area contributed by atoms with Crippen LogP contribution in [-0.2, 0) is 0 Å². The highest BCUT2D eigenvalue weighted by molar-refractivity contribution is 5.94. The Morgan fingerprint density at radius 3 is 2.50 bits per heavy atom. The van der Waals surface area contributed by atoms with E-state index in [9.17, 15) is 0 Å². The first kappa shape index (κ1) is 11.6. The fourth-order valence-corrected chi connectivity index (χ4v) is 3.44. The molecule has 1 unspecified atom stereocenters. The number of hydrogen-bond acceptors (Lipinski definition) is 1. The largest absolute Gasteiger partial charge is 0.398 e. The van der Waals surface area contributed by atoms with Crippen LogP contribution in [0.3, 0.4) is 0 Å². The Balaban J connectivity index is 2.07. The predicted octanol–water partition coefficient (Wildman–Crippen LogP) is 4.72. The Morgan fingerprint density at radius 2 is 1.83 bits per heavy atom. The number of rotatable bonds is 3. The Hall–Kier alpha value is -1.50. The van der Waals surface area contributed by atoms with Crippen molar-refractivity contribution in [2.75, 3.05) is 5.73 Å². The van der Waals surface area contributed by atoms with Gasteiger partial charge in [-0.2, -0.15) is 0 Å². The van der Waals surface area contributed by atoms with E-state index in [1.165, 1.54) is 35.6 Å². The normalized spacial score (nSPS) is 21.1. The van der Waals surface area contributed by atoms with E-state index in [4.69, 9.17) is 5.73 Å². The third kappa shape index (κ3) is 1.53. The Labute approximate surface area is 109 Å². The molecule has 0 spiro atoms. The minimum Gasteiger partial charge on any atom is -0.398 e. The second-order valence-electron chi connectivity index (χ2n) is 5.62. The van der Waals surface area contributed by atoms with E-state index in [1.807, 2.05) is 0 Å². The smallest absolute Gasteiger partial charge is 0.0429 e. The van der Waals surface area contributed by atoms with Crippen LogP contribution >= 0.6 is 0 Å². The molecule has 2 N–H and O–H groups in total. The summed E-state index contributed by atoms with van der Waals surface area (Å²) in [6, 6.07) is 12.9. The van der Waals surface area contributed by atoms with Crippen molar-refractivity contribution in [1.29, 1.82) is 0 Å². The molecular formula is C17H21N. The van der Waals surface area contributed by atoms with Gasteiger partial charge >= 0.3 is 0 Å². The van der Waals surface area contributed by atoms with Gasteiger partial charge in [0.05, 0.1) is 0 Å². The number of nitrogens with two attached hydrogens (primary N) is 1. The highest BCUT2D eigenvalue weighted by Crippen LogP contribution is 2.64. The molecule has 0 aromatic heterocycles. The van der Waals surface area contributed by atoms with Crippen LogP contribution in [0.4, 0.5) is 5.69 Å². The number of anilines is 1. The summed E-state index contributed by atoms with van der Waals surface area (Å²) < 4.78 is 0. The van der Waals surface area contributed by atoms with Crippen molar-refractivity contribution in [2.45, 2.75) is 39.0 Å². The van der Waals surface area contributed by atoms with Crippen molar-refractivity contribution in [3.8, 4) is 0 Å². The van der Waals surface area contributed by atoms with Crippen molar-refractivity contribution >= 4 is 16.5 Å². The molecule has 0 amide bonds. The van der Waals surface area contributed by atoms with E-state index in [-0.39, 0.29) is 0 Å². The van der Waals surface area contributed by atoms with Gasteiger partial charge < -0.3 is 5.73 Å². The average Bonchev–Trinajstić information content (AvgIpc) is 3.15. The van der Waals surface area contributed by atoms with Crippen molar-refractivity contribution in [2.24, 2.45) is 5.41 Å². The topological polar surface area (TPSA) is 26.0 Å². The van der Waals surface area contributed by atoms with Crippen molar-refractivity contribution in [3.63, 3.8) is 0 Å². The molecule has 0 bridgehead atoms. The fourth-order valence-electron chi connectivity index (χ4n) is 3.44. The molecule has 1 fully saturated rings. The zero-order chi connectivity index (χ0) is 12.8. The van der Waals surface area contributed by atoms with Gasteiger partial charge in [0, 0.05) is 11.1 Å². The Bertz CT molecular complexity index is 581. The number of benzene rings is 2. The van der Waals surface area contributed by atoms with Gasteiger partial charge in [0.15, 0.2) is 0 Å². The molecule has 1 saturated carbocycles. The van der Waals surface area contributed by atoms with Gasteiger partial charge in [-0.05, 0) is 41.5 Å². The lowest BCUT2D eigenvalue weighted by molar-refractivity contribution is 0.455. The van der Waals surface area contributed by atoms with Crippen molar-refractivity contribution in [3.05, 3.63) is 42.0 Å². The first-order valence-electron chi connectivity index (χ1n) is 6.99. The highest BCUT2D eigenvalue weighted by Gasteiger charge is 2.52. The maximum atomic E-state index is 6.39. The van der Waals surface area contributed by atoms with Gasteiger partial charge in [-0.3, -0.25) is 0 Å². The second-order valence-corrected chi connectivity index (χ2v) is 5.62. The third-order valence-corrected chi connectivity index (χ3v) is 4.98. The Kier molecular flexibility index (Phi) is 2.58.